The number of aryl methyl sites for hydroxylation is 1. The lowest BCUT2D eigenvalue weighted by molar-refractivity contribution is 0.177. The van der Waals surface area contributed by atoms with E-state index in [-0.39, 0.29) is 17.8 Å². The van der Waals surface area contributed by atoms with Gasteiger partial charge in [0.05, 0.1) is 17.3 Å². The van der Waals surface area contributed by atoms with Crippen molar-refractivity contribution in [2.45, 2.75) is 44.2 Å². The summed E-state index contributed by atoms with van der Waals surface area (Å²) in [6, 6.07) is 7.24. The third kappa shape index (κ3) is 4.53. The van der Waals surface area contributed by atoms with Crippen molar-refractivity contribution in [1.82, 2.24) is 5.32 Å². The van der Waals surface area contributed by atoms with E-state index in [0.717, 1.165) is 25.2 Å². The molecule has 0 bridgehead atoms. The molecule has 3 atom stereocenters. The minimum absolute atomic E-state index is 0.0769. The lowest BCUT2D eigenvalue weighted by atomic mass is 10.0. The van der Waals surface area contributed by atoms with E-state index in [1.54, 1.807) is 12.1 Å². The predicted molar refractivity (Wildman–Crippen MR) is 84.2 cm³/mol. The Balaban J connectivity index is 1.94. The molecule has 1 aromatic carbocycles. The van der Waals surface area contributed by atoms with E-state index in [9.17, 15) is 8.42 Å². The molecule has 0 saturated carbocycles. The monoisotopic (exact) mass is 311 g/mol. The van der Waals surface area contributed by atoms with Gasteiger partial charge in [-0.25, -0.2) is 8.42 Å². The second kappa shape index (κ2) is 6.90. The number of ether oxygens (including phenoxy) is 1. The molecule has 21 heavy (non-hydrogen) atoms. The third-order valence-corrected chi connectivity index (χ3v) is 6.00. The van der Waals surface area contributed by atoms with Crippen LogP contribution in [-0.2, 0) is 14.6 Å². The zero-order chi connectivity index (χ0) is 15.5. The molecule has 1 aliphatic heterocycles. The molecule has 0 spiro atoms. The molecule has 1 fully saturated rings. The maximum atomic E-state index is 12.4. The molecule has 5 heteroatoms. The van der Waals surface area contributed by atoms with Crippen LogP contribution in [0.3, 0.4) is 0 Å². The average Bonchev–Trinajstić information content (AvgIpc) is 2.92. The van der Waals surface area contributed by atoms with Crippen molar-refractivity contribution in [2.24, 2.45) is 5.92 Å². The van der Waals surface area contributed by atoms with Crippen LogP contribution in [0, 0.1) is 12.8 Å². The lowest BCUT2D eigenvalue weighted by Gasteiger charge is -2.24. The fourth-order valence-corrected chi connectivity index (χ4v) is 4.25. The minimum atomic E-state index is -3.24. The highest BCUT2D eigenvalue weighted by molar-refractivity contribution is 7.91. The standard InChI is InChI=1S/C16H25NO3S/c1-12-4-6-16(7-5-12)21(18,19)11-13(2)17-14(3)15-8-9-20-10-15/h4-7,13-15,17H,8-11H2,1-3H3/t13-,14+,15+/m0/s1. The second-order valence-corrected chi connectivity index (χ2v) is 8.11. The van der Waals surface area contributed by atoms with E-state index in [0.29, 0.717) is 10.8 Å². The summed E-state index contributed by atoms with van der Waals surface area (Å²) in [5.41, 5.74) is 1.06. The Labute approximate surface area is 127 Å². The first-order valence-electron chi connectivity index (χ1n) is 7.51. The van der Waals surface area contributed by atoms with Gasteiger partial charge in [-0.3, -0.25) is 0 Å². The Morgan fingerprint density at radius 1 is 1.29 bits per heavy atom. The number of hydrogen-bond acceptors (Lipinski definition) is 4. The van der Waals surface area contributed by atoms with Crippen LogP contribution >= 0.6 is 0 Å². The van der Waals surface area contributed by atoms with Crippen molar-refractivity contribution in [3.8, 4) is 0 Å². The fourth-order valence-electron chi connectivity index (χ4n) is 2.75. The molecule has 1 heterocycles. The molecular weight excluding hydrogens is 286 g/mol. The number of sulfone groups is 1. The highest BCUT2D eigenvalue weighted by atomic mass is 32.2. The predicted octanol–water partition coefficient (Wildman–Crippen LogP) is 2.17. The van der Waals surface area contributed by atoms with Gasteiger partial charge in [0, 0.05) is 18.7 Å². The zero-order valence-electron chi connectivity index (χ0n) is 13.0. The summed E-state index contributed by atoms with van der Waals surface area (Å²) in [6.45, 7) is 7.57. The zero-order valence-corrected chi connectivity index (χ0v) is 13.8. The molecule has 2 rings (SSSR count). The molecule has 1 saturated heterocycles. The van der Waals surface area contributed by atoms with Crippen molar-refractivity contribution >= 4 is 9.84 Å². The summed E-state index contributed by atoms with van der Waals surface area (Å²) in [5, 5.41) is 3.40. The van der Waals surface area contributed by atoms with Crippen LogP contribution in [0.2, 0.25) is 0 Å². The van der Waals surface area contributed by atoms with E-state index >= 15 is 0 Å². The van der Waals surface area contributed by atoms with E-state index < -0.39 is 9.84 Å². The van der Waals surface area contributed by atoms with Gasteiger partial charge in [0.25, 0.3) is 0 Å². The van der Waals surface area contributed by atoms with Gasteiger partial charge in [0.1, 0.15) is 0 Å². The van der Waals surface area contributed by atoms with Gasteiger partial charge in [0.15, 0.2) is 9.84 Å². The van der Waals surface area contributed by atoms with Crippen LogP contribution < -0.4 is 5.32 Å². The van der Waals surface area contributed by atoms with E-state index in [4.69, 9.17) is 4.74 Å². The highest BCUT2D eigenvalue weighted by Gasteiger charge is 2.25. The Hall–Kier alpha value is -0.910. The number of benzene rings is 1. The molecular formula is C16H25NO3S. The molecule has 1 aliphatic rings. The largest absolute Gasteiger partial charge is 0.381 e. The average molecular weight is 311 g/mol. The fraction of sp³-hybridized carbons (Fsp3) is 0.625. The molecule has 0 radical (unpaired) electrons. The summed E-state index contributed by atoms with van der Waals surface area (Å²) in [6.07, 6.45) is 1.05. The van der Waals surface area contributed by atoms with Gasteiger partial charge in [-0.2, -0.15) is 0 Å². The summed E-state index contributed by atoms with van der Waals surface area (Å²) in [5.74, 6) is 0.600. The summed E-state index contributed by atoms with van der Waals surface area (Å²) >= 11 is 0. The Kier molecular flexibility index (Phi) is 5.41. The van der Waals surface area contributed by atoms with Crippen LogP contribution in [0.5, 0.6) is 0 Å². The first kappa shape index (κ1) is 16.5. The van der Waals surface area contributed by atoms with Crippen molar-refractivity contribution in [2.75, 3.05) is 19.0 Å². The molecule has 1 N–H and O–H groups in total. The van der Waals surface area contributed by atoms with Crippen molar-refractivity contribution in [1.29, 1.82) is 0 Å². The molecule has 1 aromatic rings. The van der Waals surface area contributed by atoms with E-state index in [2.05, 4.69) is 12.2 Å². The Morgan fingerprint density at radius 3 is 2.52 bits per heavy atom. The van der Waals surface area contributed by atoms with Gasteiger partial charge in [0.2, 0.25) is 0 Å². The van der Waals surface area contributed by atoms with Crippen LogP contribution in [0.25, 0.3) is 0 Å². The van der Waals surface area contributed by atoms with Crippen LogP contribution in [0.4, 0.5) is 0 Å². The van der Waals surface area contributed by atoms with Crippen LogP contribution in [-0.4, -0.2) is 39.5 Å². The van der Waals surface area contributed by atoms with Crippen molar-refractivity contribution in [3.63, 3.8) is 0 Å². The van der Waals surface area contributed by atoms with Gasteiger partial charge in [-0.15, -0.1) is 0 Å². The number of nitrogens with one attached hydrogen (secondary N) is 1. The van der Waals surface area contributed by atoms with Gasteiger partial charge in [-0.1, -0.05) is 17.7 Å². The molecule has 0 amide bonds. The third-order valence-electron chi connectivity index (χ3n) is 4.07. The van der Waals surface area contributed by atoms with Crippen molar-refractivity contribution in [3.05, 3.63) is 29.8 Å². The minimum Gasteiger partial charge on any atom is -0.381 e. The van der Waals surface area contributed by atoms with Crippen LogP contribution in [0.1, 0.15) is 25.8 Å². The first-order chi connectivity index (χ1) is 9.88. The summed E-state index contributed by atoms with van der Waals surface area (Å²) < 4.78 is 30.2. The number of rotatable bonds is 6. The smallest absolute Gasteiger partial charge is 0.179 e. The topological polar surface area (TPSA) is 55.4 Å². The summed E-state index contributed by atoms with van der Waals surface area (Å²) in [4.78, 5) is 0.401. The maximum absolute atomic E-state index is 12.4. The summed E-state index contributed by atoms with van der Waals surface area (Å²) in [7, 11) is -3.24. The SMILES string of the molecule is Cc1ccc(S(=O)(=O)C[C@H](C)N[C@H](C)[C@@H]2CCOC2)cc1. The molecule has 118 valence electrons. The van der Waals surface area contributed by atoms with Gasteiger partial charge < -0.3 is 10.1 Å². The van der Waals surface area contributed by atoms with E-state index in [1.807, 2.05) is 26.0 Å². The maximum Gasteiger partial charge on any atom is 0.179 e. The molecule has 0 unspecified atom stereocenters. The van der Waals surface area contributed by atoms with Crippen LogP contribution in [0.15, 0.2) is 29.2 Å². The quantitative estimate of drug-likeness (QED) is 0.875. The molecule has 0 aliphatic carbocycles. The highest BCUT2D eigenvalue weighted by Crippen LogP contribution is 2.18. The van der Waals surface area contributed by atoms with E-state index in [1.165, 1.54) is 0 Å². The van der Waals surface area contributed by atoms with Gasteiger partial charge >= 0.3 is 0 Å². The van der Waals surface area contributed by atoms with Gasteiger partial charge in [-0.05, 0) is 45.2 Å². The lowest BCUT2D eigenvalue weighted by Crippen LogP contribution is -2.43. The number of hydrogen-bond donors (Lipinski definition) is 1. The molecule has 4 nitrogen and oxygen atoms in total. The second-order valence-electron chi connectivity index (χ2n) is 6.07. The Bertz CT molecular complexity index is 547. The normalized spacial score (nSPS) is 22.1. The molecule has 0 aromatic heterocycles. The van der Waals surface area contributed by atoms with Crippen molar-refractivity contribution < 1.29 is 13.2 Å². The Morgan fingerprint density at radius 2 is 1.95 bits per heavy atom. The first-order valence-corrected chi connectivity index (χ1v) is 9.17.